The van der Waals surface area contributed by atoms with Gasteiger partial charge in [-0.3, -0.25) is 14.4 Å². The van der Waals surface area contributed by atoms with Crippen molar-refractivity contribution in [3.8, 4) is 0 Å². The number of ketones is 1. The summed E-state index contributed by atoms with van der Waals surface area (Å²) in [6.07, 6.45) is 5.99. The van der Waals surface area contributed by atoms with Crippen molar-refractivity contribution in [1.29, 1.82) is 0 Å². The monoisotopic (exact) mass is 424 g/mol. The summed E-state index contributed by atoms with van der Waals surface area (Å²) in [6, 6.07) is 8.66. The van der Waals surface area contributed by atoms with E-state index in [9.17, 15) is 19.2 Å². The molecule has 31 heavy (non-hydrogen) atoms. The van der Waals surface area contributed by atoms with Crippen LogP contribution in [0.2, 0.25) is 0 Å². The molecule has 3 rings (SSSR count). The van der Waals surface area contributed by atoms with Gasteiger partial charge < -0.3 is 20.0 Å². The summed E-state index contributed by atoms with van der Waals surface area (Å²) in [5.41, 5.74) is 2.14. The van der Waals surface area contributed by atoms with Crippen LogP contribution in [-0.4, -0.2) is 57.4 Å². The molecule has 8 nitrogen and oxygen atoms in total. The van der Waals surface area contributed by atoms with Crippen molar-refractivity contribution in [2.24, 2.45) is 0 Å². The normalized spacial score (nSPS) is 16.7. The number of Topliss-reactive ketones (excluding diaryl/α,β-unsaturated/α-hetero) is 1. The second kappa shape index (κ2) is 10.7. The molecule has 1 saturated heterocycles. The second-order valence-corrected chi connectivity index (χ2v) is 7.91. The van der Waals surface area contributed by atoms with Crippen LogP contribution in [0.25, 0.3) is 0 Å². The summed E-state index contributed by atoms with van der Waals surface area (Å²) < 4.78 is 0. The van der Waals surface area contributed by atoms with Gasteiger partial charge in [-0.05, 0) is 44.6 Å². The Balaban J connectivity index is 1.56. The number of carbonyl (C=O) groups is 4. The molecule has 0 bridgehead atoms. The maximum atomic E-state index is 12.9. The lowest BCUT2D eigenvalue weighted by Crippen LogP contribution is -2.49. The quantitative estimate of drug-likeness (QED) is 0.565. The molecule has 1 fully saturated rings. The number of imidazole rings is 1. The molecular formula is C23H28N4O4. The molecule has 1 aromatic carbocycles. The first kappa shape index (κ1) is 22.4. The number of aldehydes is 1. The zero-order valence-electron chi connectivity index (χ0n) is 17.7. The fourth-order valence-corrected chi connectivity index (χ4v) is 3.86. The number of nitrogens with zero attached hydrogens (tertiary/aromatic N) is 2. The van der Waals surface area contributed by atoms with E-state index < -0.39 is 18.0 Å². The van der Waals surface area contributed by atoms with Gasteiger partial charge in [0.2, 0.25) is 5.91 Å². The first-order valence-electron chi connectivity index (χ1n) is 10.6. The Bertz CT molecular complexity index is 925. The topological polar surface area (TPSA) is 112 Å². The van der Waals surface area contributed by atoms with E-state index >= 15 is 0 Å². The maximum Gasteiger partial charge on any atom is 0.290 e. The molecule has 1 aromatic heterocycles. The highest BCUT2D eigenvalue weighted by molar-refractivity contribution is 5.96. The van der Waals surface area contributed by atoms with Gasteiger partial charge in [-0.15, -0.1) is 0 Å². The van der Waals surface area contributed by atoms with E-state index in [2.05, 4.69) is 27.4 Å². The second-order valence-electron chi connectivity index (χ2n) is 7.91. The van der Waals surface area contributed by atoms with Crippen LogP contribution in [0.15, 0.2) is 36.5 Å². The number of nitrogens with one attached hydrogen (secondary N) is 2. The molecule has 2 N–H and O–H groups in total. The molecule has 0 saturated carbocycles. The highest BCUT2D eigenvalue weighted by Gasteiger charge is 2.36. The molecule has 8 heteroatoms. The predicted molar refractivity (Wildman–Crippen MR) is 114 cm³/mol. The summed E-state index contributed by atoms with van der Waals surface area (Å²) in [5.74, 6) is -0.725. The van der Waals surface area contributed by atoms with E-state index in [1.54, 1.807) is 6.20 Å². The first-order chi connectivity index (χ1) is 15.0. The molecule has 2 atom stereocenters. The standard InChI is InChI=1S/C23H28N4O4/c1-16(29)13-19(15-28)26-22(30)20-11-6-12-27(20)23(31)21-24-14-18(25-21)10-5-9-17-7-3-2-4-8-17/h2-4,7-8,14-15,19-20H,5-6,9-13H2,1H3,(H,24,25)(H,26,30). The summed E-state index contributed by atoms with van der Waals surface area (Å²) in [7, 11) is 0. The molecule has 2 amide bonds. The smallest absolute Gasteiger partial charge is 0.290 e. The minimum atomic E-state index is -0.873. The average Bonchev–Trinajstić information content (AvgIpc) is 3.43. The number of hydrogen-bond acceptors (Lipinski definition) is 5. The summed E-state index contributed by atoms with van der Waals surface area (Å²) in [4.78, 5) is 56.7. The van der Waals surface area contributed by atoms with Gasteiger partial charge in [0.15, 0.2) is 5.82 Å². The Hall–Kier alpha value is -3.29. The largest absolute Gasteiger partial charge is 0.344 e. The van der Waals surface area contributed by atoms with Crippen LogP contribution in [0.3, 0.4) is 0 Å². The molecule has 1 aliphatic heterocycles. The van der Waals surface area contributed by atoms with Gasteiger partial charge in [-0.25, -0.2) is 4.98 Å². The molecule has 0 radical (unpaired) electrons. The number of aromatic amines is 1. The van der Waals surface area contributed by atoms with Crippen molar-refractivity contribution < 1.29 is 19.2 Å². The molecule has 0 aliphatic carbocycles. The number of rotatable bonds is 10. The van der Waals surface area contributed by atoms with E-state index in [0.29, 0.717) is 25.7 Å². The van der Waals surface area contributed by atoms with Crippen molar-refractivity contribution in [3.05, 3.63) is 53.6 Å². The van der Waals surface area contributed by atoms with Gasteiger partial charge in [0, 0.05) is 24.9 Å². The van der Waals surface area contributed by atoms with Crippen LogP contribution >= 0.6 is 0 Å². The van der Waals surface area contributed by atoms with Crippen molar-refractivity contribution in [3.63, 3.8) is 0 Å². The Morgan fingerprint density at radius 2 is 2.03 bits per heavy atom. The Morgan fingerprint density at radius 3 is 2.74 bits per heavy atom. The molecule has 2 unspecified atom stereocenters. The number of H-pyrrole nitrogens is 1. The van der Waals surface area contributed by atoms with E-state index in [-0.39, 0.29) is 23.9 Å². The zero-order valence-corrected chi connectivity index (χ0v) is 17.7. The average molecular weight is 425 g/mol. The number of likely N-dealkylation sites (tertiary alicyclic amines) is 1. The minimum absolute atomic E-state index is 0.0551. The number of amides is 2. The van der Waals surface area contributed by atoms with E-state index in [1.807, 2.05) is 18.2 Å². The predicted octanol–water partition coefficient (Wildman–Crippen LogP) is 1.85. The summed E-state index contributed by atoms with van der Waals surface area (Å²) in [6.45, 7) is 1.81. The van der Waals surface area contributed by atoms with Crippen LogP contribution in [0.5, 0.6) is 0 Å². The number of aromatic nitrogens is 2. The van der Waals surface area contributed by atoms with Gasteiger partial charge in [0.05, 0.1) is 6.04 Å². The molecular weight excluding hydrogens is 396 g/mol. The van der Waals surface area contributed by atoms with Gasteiger partial charge in [0.25, 0.3) is 5.91 Å². The summed E-state index contributed by atoms with van der Waals surface area (Å²) in [5, 5.41) is 2.57. The Labute approximate surface area is 181 Å². The lowest BCUT2D eigenvalue weighted by Gasteiger charge is -2.24. The van der Waals surface area contributed by atoms with Crippen molar-refractivity contribution in [2.75, 3.05) is 6.54 Å². The number of benzene rings is 1. The highest BCUT2D eigenvalue weighted by atomic mass is 16.2. The third kappa shape index (κ3) is 6.10. The number of hydrogen-bond donors (Lipinski definition) is 2. The van der Waals surface area contributed by atoms with Crippen molar-refractivity contribution in [2.45, 2.75) is 57.5 Å². The van der Waals surface area contributed by atoms with E-state index in [4.69, 9.17) is 0 Å². The highest BCUT2D eigenvalue weighted by Crippen LogP contribution is 2.20. The van der Waals surface area contributed by atoms with Crippen LogP contribution in [-0.2, 0) is 27.2 Å². The van der Waals surface area contributed by atoms with Crippen molar-refractivity contribution in [1.82, 2.24) is 20.2 Å². The van der Waals surface area contributed by atoms with Crippen LogP contribution < -0.4 is 5.32 Å². The first-order valence-corrected chi connectivity index (χ1v) is 10.6. The molecule has 1 aliphatic rings. The lowest BCUT2D eigenvalue weighted by atomic mass is 10.1. The Kier molecular flexibility index (Phi) is 7.70. The van der Waals surface area contributed by atoms with Gasteiger partial charge in [-0.2, -0.15) is 0 Å². The summed E-state index contributed by atoms with van der Waals surface area (Å²) >= 11 is 0. The van der Waals surface area contributed by atoms with Crippen LogP contribution in [0.4, 0.5) is 0 Å². The van der Waals surface area contributed by atoms with E-state index in [0.717, 1.165) is 25.0 Å². The van der Waals surface area contributed by atoms with Crippen molar-refractivity contribution >= 4 is 23.9 Å². The van der Waals surface area contributed by atoms with Gasteiger partial charge >= 0.3 is 0 Å². The minimum Gasteiger partial charge on any atom is -0.344 e. The Morgan fingerprint density at radius 1 is 1.26 bits per heavy atom. The third-order valence-electron chi connectivity index (χ3n) is 5.40. The molecule has 164 valence electrons. The maximum absolute atomic E-state index is 12.9. The fraction of sp³-hybridized carbons (Fsp3) is 0.435. The lowest BCUT2D eigenvalue weighted by molar-refractivity contribution is -0.128. The van der Waals surface area contributed by atoms with Gasteiger partial charge in [-0.1, -0.05) is 30.3 Å². The van der Waals surface area contributed by atoms with Gasteiger partial charge in [0.1, 0.15) is 18.1 Å². The SMILES string of the molecule is CC(=O)CC(C=O)NC(=O)C1CCCN1C(=O)c1ncc(CCCc2ccccc2)[nH]1. The van der Waals surface area contributed by atoms with Crippen LogP contribution in [0, 0.1) is 0 Å². The third-order valence-corrected chi connectivity index (χ3v) is 5.40. The number of aryl methyl sites for hydroxylation is 2. The van der Waals surface area contributed by atoms with Crippen LogP contribution in [0.1, 0.15) is 54.5 Å². The molecule has 0 spiro atoms. The molecule has 2 heterocycles. The molecule has 2 aromatic rings. The fourth-order valence-electron chi connectivity index (χ4n) is 3.86. The van der Waals surface area contributed by atoms with E-state index in [1.165, 1.54) is 17.4 Å². The number of carbonyl (C=O) groups excluding carboxylic acids is 4. The zero-order chi connectivity index (χ0) is 22.2.